The Morgan fingerprint density at radius 1 is 1.19 bits per heavy atom. The number of nitriles is 1. The molecule has 1 atom stereocenters. The first-order valence-corrected chi connectivity index (χ1v) is 9.18. The van der Waals surface area contributed by atoms with Crippen LogP contribution >= 0.6 is 0 Å². The SMILES string of the molecule is CN(C)[C@H]1CCN(c2ccnc3c2cc(C#N)c2nc4ccccc4n23)C1. The molecule has 0 amide bonds. The van der Waals surface area contributed by atoms with E-state index in [0.717, 1.165) is 47.3 Å². The fourth-order valence-electron chi connectivity index (χ4n) is 4.14. The minimum atomic E-state index is 0.543. The number of para-hydroxylation sites is 2. The Morgan fingerprint density at radius 3 is 2.81 bits per heavy atom. The number of rotatable bonds is 2. The first-order chi connectivity index (χ1) is 13.2. The fourth-order valence-corrected chi connectivity index (χ4v) is 4.14. The highest BCUT2D eigenvalue weighted by Gasteiger charge is 2.26. The maximum Gasteiger partial charge on any atom is 0.157 e. The summed E-state index contributed by atoms with van der Waals surface area (Å²) in [7, 11) is 4.27. The van der Waals surface area contributed by atoms with E-state index in [1.54, 1.807) is 0 Å². The molecule has 6 nitrogen and oxygen atoms in total. The largest absolute Gasteiger partial charge is 0.369 e. The Morgan fingerprint density at radius 2 is 2.04 bits per heavy atom. The maximum atomic E-state index is 9.75. The molecule has 1 aromatic carbocycles. The van der Waals surface area contributed by atoms with E-state index in [1.807, 2.05) is 40.9 Å². The quantitative estimate of drug-likeness (QED) is 0.552. The van der Waals surface area contributed by atoms with Gasteiger partial charge in [0.15, 0.2) is 5.65 Å². The van der Waals surface area contributed by atoms with Gasteiger partial charge >= 0.3 is 0 Å². The van der Waals surface area contributed by atoms with Crippen molar-refractivity contribution < 1.29 is 0 Å². The van der Waals surface area contributed by atoms with Gasteiger partial charge in [-0.05, 0) is 44.8 Å². The van der Waals surface area contributed by atoms with E-state index in [9.17, 15) is 5.26 Å². The monoisotopic (exact) mass is 356 g/mol. The normalized spacial score (nSPS) is 17.4. The molecule has 5 rings (SSSR count). The lowest BCUT2D eigenvalue weighted by molar-refractivity contribution is 0.315. The molecule has 1 fully saturated rings. The highest BCUT2D eigenvalue weighted by atomic mass is 15.2. The molecule has 0 saturated carbocycles. The zero-order valence-corrected chi connectivity index (χ0v) is 15.4. The minimum Gasteiger partial charge on any atom is -0.369 e. The van der Waals surface area contributed by atoms with Gasteiger partial charge in [-0.15, -0.1) is 0 Å². The predicted molar refractivity (Wildman–Crippen MR) is 107 cm³/mol. The highest BCUT2D eigenvalue weighted by molar-refractivity contribution is 5.97. The number of fused-ring (bicyclic) bond motifs is 5. The van der Waals surface area contributed by atoms with Gasteiger partial charge in [0.2, 0.25) is 0 Å². The lowest BCUT2D eigenvalue weighted by Crippen LogP contribution is -2.31. The van der Waals surface area contributed by atoms with Crippen LogP contribution in [0.1, 0.15) is 12.0 Å². The molecule has 4 heterocycles. The summed E-state index contributed by atoms with van der Waals surface area (Å²) >= 11 is 0. The van der Waals surface area contributed by atoms with Crippen LogP contribution in [0.15, 0.2) is 42.6 Å². The molecule has 0 aliphatic carbocycles. The van der Waals surface area contributed by atoms with Gasteiger partial charge in [0.25, 0.3) is 0 Å². The molecule has 0 unspecified atom stereocenters. The fraction of sp³-hybridized carbons (Fsp3) is 0.286. The van der Waals surface area contributed by atoms with Crippen molar-refractivity contribution in [2.24, 2.45) is 0 Å². The number of nitrogens with zero attached hydrogens (tertiary/aromatic N) is 6. The molecule has 3 aromatic heterocycles. The third-order valence-electron chi connectivity index (χ3n) is 5.60. The number of pyridine rings is 2. The second kappa shape index (κ2) is 5.93. The van der Waals surface area contributed by atoms with Crippen LogP contribution in [0.5, 0.6) is 0 Å². The number of likely N-dealkylation sites (N-methyl/N-ethyl adjacent to an activating group) is 1. The molecule has 0 N–H and O–H groups in total. The van der Waals surface area contributed by atoms with Crippen LogP contribution in [-0.4, -0.2) is 52.5 Å². The van der Waals surface area contributed by atoms with E-state index in [1.165, 1.54) is 0 Å². The summed E-state index contributed by atoms with van der Waals surface area (Å²) in [4.78, 5) is 14.0. The number of hydrogen-bond acceptors (Lipinski definition) is 5. The molecule has 0 bridgehead atoms. The van der Waals surface area contributed by atoms with Gasteiger partial charge in [0.05, 0.1) is 16.6 Å². The Balaban J connectivity index is 1.80. The third-order valence-corrected chi connectivity index (χ3v) is 5.60. The zero-order valence-electron chi connectivity index (χ0n) is 15.4. The summed E-state index contributed by atoms with van der Waals surface area (Å²) in [6.45, 7) is 1.99. The summed E-state index contributed by atoms with van der Waals surface area (Å²) in [6, 6.07) is 14.8. The van der Waals surface area contributed by atoms with E-state index in [-0.39, 0.29) is 0 Å². The van der Waals surface area contributed by atoms with Gasteiger partial charge in [-0.25, -0.2) is 9.97 Å². The Labute approximate surface area is 157 Å². The lowest BCUT2D eigenvalue weighted by atomic mass is 10.1. The van der Waals surface area contributed by atoms with Crippen molar-refractivity contribution in [3.63, 3.8) is 0 Å². The van der Waals surface area contributed by atoms with Crippen LogP contribution in [0.4, 0.5) is 5.69 Å². The van der Waals surface area contributed by atoms with Crippen LogP contribution in [0.3, 0.4) is 0 Å². The third kappa shape index (κ3) is 2.36. The number of benzene rings is 1. The number of hydrogen-bond donors (Lipinski definition) is 0. The molecule has 0 radical (unpaired) electrons. The highest BCUT2D eigenvalue weighted by Crippen LogP contribution is 2.32. The molecule has 0 spiro atoms. The Hall–Kier alpha value is -3.17. The second-order valence-electron chi connectivity index (χ2n) is 7.35. The van der Waals surface area contributed by atoms with Crippen molar-refractivity contribution in [1.82, 2.24) is 19.3 Å². The summed E-state index contributed by atoms with van der Waals surface area (Å²) in [6.07, 6.45) is 3.00. The summed E-state index contributed by atoms with van der Waals surface area (Å²) in [5.74, 6) is 0. The standard InChI is InChI=1S/C21H20N6/c1-25(2)15-8-10-26(13-15)18-7-9-23-21-16(18)11-14(12-22)20-24-17-5-3-4-6-19(17)27(20)21/h3-7,9,11,15H,8,10,13H2,1-2H3/t15-/m0/s1. The molecule has 27 heavy (non-hydrogen) atoms. The smallest absolute Gasteiger partial charge is 0.157 e. The molecule has 4 aromatic rings. The van der Waals surface area contributed by atoms with Gasteiger partial charge in [-0.1, -0.05) is 12.1 Å². The summed E-state index contributed by atoms with van der Waals surface area (Å²) in [5, 5.41) is 10.8. The van der Waals surface area contributed by atoms with Gasteiger partial charge in [0, 0.05) is 36.4 Å². The van der Waals surface area contributed by atoms with Crippen molar-refractivity contribution in [2.75, 3.05) is 32.1 Å². The van der Waals surface area contributed by atoms with Crippen molar-refractivity contribution in [3.05, 3.63) is 48.2 Å². The van der Waals surface area contributed by atoms with Crippen molar-refractivity contribution in [1.29, 1.82) is 5.26 Å². The lowest BCUT2D eigenvalue weighted by Gasteiger charge is -2.23. The summed E-state index contributed by atoms with van der Waals surface area (Å²) < 4.78 is 2.02. The van der Waals surface area contributed by atoms with E-state index >= 15 is 0 Å². The predicted octanol–water partition coefficient (Wildman–Crippen LogP) is 3.05. The van der Waals surface area contributed by atoms with Crippen molar-refractivity contribution in [3.8, 4) is 6.07 Å². The molecular weight excluding hydrogens is 336 g/mol. The maximum absolute atomic E-state index is 9.75. The average Bonchev–Trinajstić information content (AvgIpc) is 3.32. The minimum absolute atomic E-state index is 0.543. The van der Waals surface area contributed by atoms with Gasteiger partial charge in [-0.3, -0.25) is 4.40 Å². The van der Waals surface area contributed by atoms with Crippen LogP contribution in [0.2, 0.25) is 0 Å². The van der Waals surface area contributed by atoms with Crippen LogP contribution in [-0.2, 0) is 0 Å². The van der Waals surface area contributed by atoms with Crippen molar-refractivity contribution >= 4 is 33.4 Å². The molecule has 6 heteroatoms. The Kier molecular flexibility index (Phi) is 3.52. The van der Waals surface area contributed by atoms with Gasteiger partial charge < -0.3 is 9.80 Å². The van der Waals surface area contributed by atoms with E-state index < -0.39 is 0 Å². The van der Waals surface area contributed by atoms with Crippen LogP contribution in [0, 0.1) is 11.3 Å². The number of imidazole rings is 1. The second-order valence-corrected chi connectivity index (χ2v) is 7.35. The van der Waals surface area contributed by atoms with Crippen LogP contribution < -0.4 is 4.90 Å². The van der Waals surface area contributed by atoms with E-state index in [4.69, 9.17) is 0 Å². The summed E-state index contributed by atoms with van der Waals surface area (Å²) in [5.41, 5.74) is 5.10. The molecule has 1 aliphatic rings. The first-order valence-electron chi connectivity index (χ1n) is 9.18. The van der Waals surface area contributed by atoms with Crippen LogP contribution in [0.25, 0.3) is 27.7 Å². The topological polar surface area (TPSA) is 60.5 Å². The molecule has 1 aliphatic heterocycles. The molecule has 134 valence electrons. The van der Waals surface area contributed by atoms with Gasteiger partial charge in [0.1, 0.15) is 11.7 Å². The molecular formula is C21H20N6. The van der Waals surface area contributed by atoms with Crippen molar-refractivity contribution in [2.45, 2.75) is 12.5 Å². The van der Waals surface area contributed by atoms with Gasteiger partial charge in [-0.2, -0.15) is 5.26 Å². The Bertz CT molecular complexity index is 1220. The first kappa shape index (κ1) is 16.0. The van der Waals surface area contributed by atoms with E-state index in [0.29, 0.717) is 17.3 Å². The number of anilines is 1. The zero-order chi connectivity index (χ0) is 18.5. The van der Waals surface area contributed by atoms with E-state index in [2.05, 4.69) is 46.0 Å². The molecule has 1 saturated heterocycles. The number of aromatic nitrogens is 3. The average molecular weight is 356 g/mol.